The molecule has 0 spiro atoms. The predicted octanol–water partition coefficient (Wildman–Crippen LogP) is 7.48. The number of carbonyl (C=O) groups excluding carboxylic acids is 1. The van der Waals surface area contributed by atoms with Crippen LogP contribution in [0.15, 0.2) is 95.9 Å². The molecule has 5 aromatic rings. The van der Waals surface area contributed by atoms with Crippen LogP contribution in [0.25, 0.3) is 21.8 Å². The molecule has 0 aliphatic heterocycles. The number of carbonyl (C=O) groups is 1. The summed E-state index contributed by atoms with van der Waals surface area (Å²) in [6.07, 6.45) is 1.87. The predicted molar refractivity (Wildman–Crippen MR) is 152 cm³/mol. The fourth-order valence-corrected chi connectivity index (χ4v) is 6.41. The molecule has 0 saturated carbocycles. The van der Waals surface area contributed by atoms with Gasteiger partial charge in [0.1, 0.15) is 6.61 Å². The lowest BCUT2D eigenvalue weighted by Crippen LogP contribution is -2.15. The van der Waals surface area contributed by atoms with E-state index < -0.39 is 15.9 Å². The standard InChI is InChI=1S/C31H28ClNO4S/c1-3-7-22-10-14-26(15-11-22)38(35,36)33-29-17-13-25(32)19-28(29)27-16-12-24(18-30(27)33)21(2)31(34)37-20-23-8-5-4-6-9-23/h4-6,8-19,21H,3,7,20H2,1-2H3. The van der Waals surface area contributed by atoms with Crippen molar-refractivity contribution in [1.29, 1.82) is 0 Å². The Balaban J connectivity index is 1.58. The molecular formula is C31H28ClNO4S. The Labute approximate surface area is 227 Å². The summed E-state index contributed by atoms with van der Waals surface area (Å²) in [5.74, 6) is -0.970. The molecule has 0 aliphatic rings. The first kappa shape index (κ1) is 26.0. The van der Waals surface area contributed by atoms with E-state index in [0.29, 0.717) is 21.6 Å². The van der Waals surface area contributed by atoms with Crippen LogP contribution < -0.4 is 0 Å². The van der Waals surface area contributed by atoms with E-state index in [1.807, 2.05) is 54.6 Å². The van der Waals surface area contributed by atoms with E-state index in [2.05, 4.69) is 6.92 Å². The maximum atomic E-state index is 14.0. The van der Waals surface area contributed by atoms with Crippen LogP contribution in [0.4, 0.5) is 0 Å². The van der Waals surface area contributed by atoms with Crippen molar-refractivity contribution in [2.75, 3.05) is 0 Å². The highest BCUT2D eigenvalue weighted by atomic mass is 35.5. The molecule has 0 aliphatic carbocycles. The number of aromatic nitrogens is 1. The molecule has 0 bridgehead atoms. The van der Waals surface area contributed by atoms with Gasteiger partial charge in [-0.05, 0) is 66.4 Å². The van der Waals surface area contributed by atoms with Crippen LogP contribution in [0.3, 0.4) is 0 Å². The van der Waals surface area contributed by atoms with Gasteiger partial charge >= 0.3 is 5.97 Å². The summed E-state index contributed by atoms with van der Waals surface area (Å²) in [5, 5.41) is 1.98. The van der Waals surface area contributed by atoms with Gasteiger partial charge in [0.2, 0.25) is 0 Å². The van der Waals surface area contributed by atoms with E-state index in [-0.39, 0.29) is 17.5 Å². The smallest absolute Gasteiger partial charge is 0.313 e. The van der Waals surface area contributed by atoms with E-state index in [9.17, 15) is 13.2 Å². The number of nitrogens with zero attached hydrogens (tertiary/aromatic N) is 1. The molecule has 0 radical (unpaired) electrons. The molecule has 5 nitrogen and oxygen atoms in total. The van der Waals surface area contributed by atoms with Crippen LogP contribution in [0.5, 0.6) is 0 Å². The minimum Gasteiger partial charge on any atom is -0.460 e. The number of benzene rings is 4. The third kappa shape index (κ3) is 4.94. The Morgan fingerprint density at radius 3 is 2.32 bits per heavy atom. The van der Waals surface area contributed by atoms with E-state index in [4.69, 9.17) is 16.3 Å². The fraction of sp³-hybridized carbons (Fsp3) is 0.194. The number of hydrogen-bond donors (Lipinski definition) is 0. The lowest BCUT2D eigenvalue weighted by Gasteiger charge is -2.14. The van der Waals surface area contributed by atoms with Gasteiger partial charge in [-0.2, -0.15) is 0 Å². The molecule has 38 heavy (non-hydrogen) atoms. The molecule has 0 N–H and O–H groups in total. The number of esters is 1. The Morgan fingerprint density at radius 2 is 1.61 bits per heavy atom. The van der Waals surface area contributed by atoms with Crippen molar-refractivity contribution in [2.45, 2.75) is 44.1 Å². The number of ether oxygens (including phenoxy) is 1. The van der Waals surface area contributed by atoms with Crippen molar-refractivity contribution in [1.82, 2.24) is 3.97 Å². The summed E-state index contributed by atoms with van der Waals surface area (Å²) in [6, 6.07) is 27.1. The molecule has 1 unspecified atom stereocenters. The Bertz CT molecular complexity index is 1730. The number of halogens is 1. The first-order chi connectivity index (χ1) is 18.3. The minimum absolute atomic E-state index is 0.174. The molecule has 5 rings (SSSR count). The zero-order valence-corrected chi connectivity index (χ0v) is 22.8. The maximum absolute atomic E-state index is 14.0. The summed E-state index contributed by atoms with van der Waals surface area (Å²) in [6.45, 7) is 4.02. The van der Waals surface area contributed by atoms with Gasteiger partial charge in [-0.3, -0.25) is 4.79 Å². The van der Waals surface area contributed by atoms with Gasteiger partial charge in [0.15, 0.2) is 0 Å². The molecular weight excluding hydrogens is 518 g/mol. The number of fused-ring (bicyclic) bond motifs is 3. The van der Waals surface area contributed by atoms with E-state index in [1.165, 1.54) is 3.97 Å². The summed E-state index contributed by atoms with van der Waals surface area (Å²) in [4.78, 5) is 13.1. The highest BCUT2D eigenvalue weighted by molar-refractivity contribution is 7.90. The van der Waals surface area contributed by atoms with Gasteiger partial charge in [-0.15, -0.1) is 0 Å². The van der Waals surface area contributed by atoms with Crippen LogP contribution in [0, 0.1) is 0 Å². The number of aryl methyl sites for hydroxylation is 1. The van der Waals surface area contributed by atoms with Gasteiger partial charge in [0.05, 0.1) is 21.8 Å². The largest absolute Gasteiger partial charge is 0.460 e. The Morgan fingerprint density at radius 1 is 0.868 bits per heavy atom. The average molecular weight is 546 g/mol. The van der Waals surface area contributed by atoms with Crippen molar-refractivity contribution in [2.24, 2.45) is 0 Å². The highest BCUT2D eigenvalue weighted by Gasteiger charge is 2.25. The van der Waals surface area contributed by atoms with E-state index in [0.717, 1.165) is 34.7 Å². The lowest BCUT2D eigenvalue weighted by molar-refractivity contribution is -0.146. The minimum atomic E-state index is -3.94. The van der Waals surface area contributed by atoms with Crippen molar-refractivity contribution < 1.29 is 17.9 Å². The maximum Gasteiger partial charge on any atom is 0.313 e. The van der Waals surface area contributed by atoms with Crippen molar-refractivity contribution in [3.8, 4) is 0 Å². The summed E-state index contributed by atoms with van der Waals surface area (Å²) in [5.41, 5.74) is 3.67. The van der Waals surface area contributed by atoms with Crippen LogP contribution in [-0.2, 0) is 32.6 Å². The van der Waals surface area contributed by atoms with E-state index >= 15 is 0 Å². The molecule has 1 aromatic heterocycles. The quantitative estimate of drug-likeness (QED) is 0.189. The molecule has 0 amide bonds. The molecule has 0 fully saturated rings. The highest BCUT2D eigenvalue weighted by Crippen LogP contribution is 2.36. The third-order valence-corrected chi connectivity index (χ3v) is 8.76. The zero-order valence-electron chi connectivity index (χ0n) is 21.2. The van der Waals surface area contributed by atoms with Crippen LogP contribution in [0.2, 0.25) is 5.02 Å². The van der Waals surface area contributed by atoms with Crippen molar-refractivity contribution >= 4 is 49.4 Å². The van der Waals surface area contributed by atoms with E-state index in [1.54, 1.807) is 43.3 Å². The molecule has 1 atom stereocenters. The summed E-state index contributed by atoms with van der Waals surface area (Å²) < 4.78 is 34.9. The molecule has 194 valence electrons. The lowest BCUT2D eigenvalue weighted by atomic mass is 9.99. The molecule has 0 saturated heterocycles. The Kier molecular flexibility index (Phi) is 7.28. The number of rotatable bonds is 8. The van der Waals surface area contributed by atoms with Crippen LogP contribution in [0.1, 0.15) is 42.9 Å². The fourth-order valence-electron chi connectivity index (χ4n) is 4.72. The second-order valence-electron chi connectivity index (χ2n) is 9.42. The Hall–Kier alpha value is -3.61. The topological polar surface area (TPSA) is 65.4 Å². The average Bonchev–Trinajstić information content (AvgIpc) is 3.26. The van der Waals surface area contributed by atoms with Crippen molar-refractivity contribution in [3.05, 3.63) is 113 Å². The van der Waals surface area contributed by atoms with Gasteiger partial charge < -0.3 is 4.74 Å². The van der Waals surface area contributed by atoms with Crippen LogP contribution in [-0.4, -0.2) is 18.4 Å². The van der Waals surface area contributed by atoms with Gasteiger partial charge in [-0.1, -0.05) is 79.5 Å². The molecule has 7 heteroatoms. The van der Waals surface area contributed by atoms with Crippen molar-refractivity contribution in [3.63, 3.8) is 0 Å². The second kappa shape index (κ2) is 10.6. The third-order valence-electron chi connectivity index (χ3n) is 6.79. The number of hydrogen-bond acceptors (Lipinski definition) is 4. The first-order valence-corrected chi connectivity index (χ1v) is 14.4. The SMILES string of the molecule is CCCc1ccc(S(=O)(=O)n2c3ccc(Cl)cc3c3ccc(C(C)C(=O)OCc4ccccc4)cc32)cc1. The summed E-state index contributed by atoms with van der Waals surface area (Å²) in [7, 11) is -3.94. The zero-order chi connectivity index (χ0) is 26.9. The van der Waals surface area contributed by atoms with Gasteiger partial charge in [0.25, 0.3) is 10.0 Å². The van der Waals surface area contributed by atoms with Crippen LogP contribution >= 0.6 is 11.6 Å². The monoisotopic (exact) mass is 545 g/mol. The first-order valence-electron chi connectivity index (χ1n) is 12.6. The molecule has 1 heterocycles. The molecule has 4 aromatic carbocycles. The van der Waals surface area contributed by atoms with Gasteiger partial charge in [-0.25, -0.2) is 12.4 Å². The normalized spacial score (nSPS) is 12.6. The second-order valence-corrected chi connectivity index (χ2v) is 11.6. The van der Waals surface area contributed by atoms with Gasteiger partial charge in [0, 0.05) is 15.8 Å². The summed E-state index contributed by atoms with van der Waals surface area (Å²) >= 11 is 6.30.